The lowest BCUT2D eigenvalue weighted by atomic mass is 9.95. The quantitative estimate of drug-likeness (QED) is 0.493. The average Bonchev–Trinajstić information content (AvgIpc) is 3.25. The van der Waals surface area contributed by atoms with E-state index in [-0.39, 0.29) is 11.5 Å². The number of hydrogen-bond acceptors (Lipinski definition) is 6. The number of carbonyl (C=O) groups is 1. The molecule has 0 saturated carbocycles. The molecule has 9 nitrogen and oxygen atoms in total. The Hall–Kier alpha value is -3.62. The van der Waals surface area contributed by atoms with Crippen LogP contribution in [-0.2, 0) is 11.3 Å². The number of rotatable bonds is 5. The normalized spacial score (nSPS) is 15.0. The zero-order valence-electron chi connectivity index (χ0n) is 17.1. The Kier molecular flexibility index (Phi) is 5.15. The molecule has 1 amide bonds. The molecule has 0 radical (unpaired) electrons. The van der Waals surface area contributed by atoms with Gasteiger partial charge in [0.25, 0.3) is 5.56 Å². The highest BCUT2D eigenvalue weighted by molar-refractivity contribution is 5.77. The molecule has 9 heteroatoms. The molecule has 0 aliphatic carbocycles. The second kappa shape index (κ2) is 8.25. The number of aromatic nitrogens is 6. The summed E-state index contributed by atoms with van der Waals surface area (Å²) in [5.74, 6) is 1.39. The Labute approximate surface area is 178 Å². The maximum atomic E-state index is 12.7. The van der Waals surface area contributed by atoms with Crippen molar-refractivity contribution in [3.8, 4) is 0 Å². The third-order valence-electron chi connectivity index (χ3n) is 5.94. The van der Waals surface area contributed by atoms with Gasteiger partial charge in [0, 0.05) is 38.2 Å². The number of pyridine rings is 1. The number of aryl methyl sites for hydroxylation is 1. The zero-order valence-corrected chi connectivity index (χ0v) is 17.1. The minimum absolute atomic E-state index is 0.117. The Morgan fingerprint density at radius 1 is 1.00 bits per heavy atom. The van der Waals surface area contributed by atoms with Crippen molar-refractivity contribution >= 4 is 22.5 Å². The summed E-state index contributed by atoms with van der Waals surface area (Å²) in [6.45, 7) is 1.80. The molecule has 0 spiro atoms. The first kappa shape index (κ1) is 19.3. The maximum absolute atomic E-state index is 12.7. The molecular weight excluding hydrogens is 394 g/mol. The molecule has 1 fully saturated rings. The highest BCUT2D eigenvalue weighted by atomic mass is 16.2. The summed E-state index contributed by atoms with van der Waals surface area (Å²) in [5, 5.41) is 17.2. The van der Waals surface area contributed by atoms with Crippen molar-refractivity contribution in [2.75, 3.05) is 13.1 Å². The third kappa shape index (κ3) is 3.78. The van der Waals surface area contributed by atoms with Crippen molar-refractivity contribution in [1.29, 1.82) is 0 Å². The van der Waals surface area contributed by atoms with E-state index in [0.29, 0.717) is 49.3 Å². The van der Waals surface area contributed by atoms with Crippen LogP contribution in [0.4, 0.5) is 0 Å². The van der Waals surface area contributed by atoms with Crippen molar-refractivity contribution in [2.24, 2.45) is 0 Å². The van der Waals surface area contributed by atoms with Crippen LogP contribution in [0.3, 0.4) is 0 Å². The Morgan fingerprint density at radius 2 is 1.81 bits per heavy atom. The van der Waals surface area contributed by atoms with Gasteiger partial charge in [-0.2, -0.15) is 0 Å². The highest BCUT2D eigenvalue weighted by Gasteiger charge is 2.26. The number of fused-ring (bicyclic) bond motifs is 2. The number of amides is 1. The van der Waals surface area contributed by atoms with Gasteiger partial charge >= 0.3 is 0 Å². The minimum atomic E-state index is -0.167. The van der Waals surface area contributed by atoms with Crippen LogP contribution in [0.1, 0.15) is 37.4 Å². The van der Waals surface area contributed by atoms with Crippen LogP contribution in [0.25, 0.3) is 16.6 Å². The lowest BCUT2D eigenvalue weighted by Crippen LogP contribution is -2.38. The monoisotopic (exact) mass is 417 g/mol. The molecule has 1 aliphatic heterocycles. The van der Waals surface area contributed by atoms with Crippen molar-refractivity contribution in [1.82, 2.24) is 34.5 Å². The molecular formula is C22H23N7O2. The molecule has 0 N–H and O–H groups in total. The third-order valence-corrected chi connectivity index (χ3v) is 5.94. The van der Waals surface area contributed by atoms with E-state index in [9.17, 15) is 9.59 Å². The summed E-state index contributed by atoms with van der Waals surface area (Å²) >= 11 is 0. The summed E-state index contributed by atoms with van der Waals surface area (Å²) in [6, 6.07) is 13.0. The first-order chi connectivity index (χ1) is 15.2. The fourth-order valence-corrected chi connectivity index (χ4v) is 4.23. The molecule has 0 unspecified atom stereocenters. The van der Waals surface area contributed by atoms with Crippen LogP contribution in [0.2, 0.25) is 0 Å². The summed E-state index contributed by atoms with van der Waals surface area (Å²) in [4.78, 5) is 27.1. The molecule has 31 heavy (non-hydrogen) atoms. The summed E-state index contributed by atoms with van der Waals surface area (Å²) in [6.07, 6.45) is 4.67. The van der Waals surface area contributed by atoms with E-state index in [1.54, 1.807) is 12.1 Å². The van der Waals surface area contributed by atoms with Gasteiger partial charge in [0.05, 0.1) is 5.39 Å². The van der Waals surface area contributed by atoms with Crippen molar-refractivity contribution in [3.05, 3.63) is 64.8 Å². The second-order valence-electron chi connectivity index (χ2n) is 7.88. The van der Waals surface area contributed by atoms with E-state index in [1.165, 1.54) is 4.68 Å². The molecule has 3 aromatic heterocycles. The molecule has 0 atom stereocenters. The van der Waals surface area contributed by atoms with E-state index in [0.717, 1.165) is 24.3 Å². The van der Waals surface area contributed by atoms with E-state index in [1.807, 2.05) is 45.8 Å². The number of piperidine rings is 1. The standard InChI is InChI=1S/C22H23N7O2/c30-20(9-5-13-29-22(31)17-6-1-2-7-18(17)23-26-29)27-14-10-16(11-15-27)21-25-24-19-8-3-4-12-28(19)21/h1-4,6-8,12,16H,5,9-11,13-15H2. The van der Waals surface area contributed by atoms with Gasteiger partial charge < -0.3 is 4.90 Å². The van der Waals surface area contributed by atoms with Crippen LogP contribution < -0.4 is 5.56 Å². The Balaban J connectivity index is 1.15. The van der Waals surface area contributed by atoms with Crippen molar-refractivity contribution in [2.45, 2.75) is 38.1 Å². The Morgan fingerprint density at radius 3 is 2.68 bits per heavy atom. The Bertz CT molecular complexity index is 1290. The van der Waals surface area contributed by atoms with E-state index in [4.69, 9.17) is 0 Å². The van der Waals surface area contributed by atoms with E-state index in [2.05, 4.69) is 20.5 Å². The largest absolute Gasteiger partial charge is 0.343 e. The van der Waals surface area contributed by atoms with Crippen LogP contribution in [0, 0.1) is 0 Å². The molecule has 1 saturated heterocycles. The molecule has 4 heterocycles. The predicted octanol–water partition coefficient (Wildman–Crippen LogP) is 2.02. The van der Waals surface area contributed by atoms with Gasteiger partial charge in [-0.05, 0) is 43.5 Å². The van der Waals surface area contributed by atoms with Gasteiger partial charge in [-0.1, -0.05) is 23.4 Å². The highest BCUT2D eigenvalue weighted by Crippen LogP contribution is 2.27. The van der Waals surface area contributed by atoms with Crippen LogP contribution in [0.5, 0.6) is 0 Å². The molecule has 1 aromatic carbocycles. The molecule has 4 aromatic rings. The molecule has 1 aliphatic rings. The SMILES string of the molecule is O=C(CCCn1nnc2ccccc2c1=O)N1CCC(c2nnc3ccccn23)CC1. The minimum Gasteiger partial charge on any atom is -0.343 e. The van der Waals surface area contributed by atoms with E-state index < -0.39 is 0 Å². The first-order valence-corrected chi connectivity index (χ1v) is 10.6. The average molecular weight is 417 g/mol. The van der Waals surface area contributed by atoms with Gasteiger partial charge in [-0.15, -0.1) is 15.3 Å². The zero-order chi connectivity index (χ0) is 21.2. The first-order valence-electron chi connectivity index (χ1n) is 10.6. The number of likely N-dealkylation sites (tertiary alicyclic amines) is 1. The van der Waals surface area contributed by atoms with E-state index >= 15 is 0 Å². The number of nitrogens with zero attached hydrogens (tertiary/aromatic N) is 7. The van der Waals surface area contributed by atoms with Gasteiger partial charge in [0.15, 0.2) is 5.65 Å². The summed E-state index contributed by atoms with van der Waals surface area (Å²) in [7, 11) is 0. The summed E-state index contributed by atoms with van der Waals surface area (Å²) < 4.78 is 3.38. The number of hydrogen-bond donors (Lipinski definition) is 0. The topological polar surface area (TPSA) is 98.3 Å². The molecule has 0 bridgehead atoms. The van der Waals surface area contributed by atoms with Gasteiger partial charge in [-0.25, -0.2) is 4.68 Å². The van der Waals surface area contributed by atoms with Crippen molar-refractivity contribution < 1.29 is 4.79 Å². The fourth-order valence-electron chi connectivity index (χ4n) is 4.23. The van der Waals surface area contributed by atoms with Crippen LogP contribution >= 0.6 is 0 Å². The van der Waals surface area contributed by atoms with Gasteiger partial charge in [-0.3, -0.25) is 14.0 Å². The summed E-state index contributed by atoms with van der Waals surface area (Å²) in [5.41, 5.74) is 1.27. The van der Waals surface area contributed by atoms with Crippen LogP contribution in [0.15, 0.2) is 53.5 Å². The second-order valence-corrected chi connectivity index (χ2v) is 7.88. The lowest BCUT2D eigenvalue weighted by molar-refractivity contribution is -0.132. The maximum Gasteiger partial charge on any atom is 0.277 e. The van der Waals surface area contributed by atoms with Crippen LogP contribution in [-0.4, -0.2) is 53.5 Å². The predicted molar refractivity (Wildman–Crippen MR) is 115 cm³/mol. The molecule has 158 valence electrons. The number of benzene rings is 1. The fraction of sp³-hybridized carbons (Fsp3) is 0.364. The van der Waals surface area contributed by atoms with Gasteiger partial charge in [0.2, 0.25) is 5.91 Å². The lowest BCUT2D eigenvalue weighted by Gasteiger charge is -2.31. The van der Waals surface area contributed by atoms with Crippen molar-refractivity contribution in [3.63, 3.8) is 0 Å². The molecule has 5 rings (SSSR count). The smallest absolute Gasteiger partial charge is 0.277 e. The van der Waals surface area contributed by atoms with Gasteiger partial charge in [0.1, 0.15) is 11.3 Å². The number of carbonyl (C=O) groups excluding carboxylic acids is 1.